The molecule has 27 heavy (non-hydrogen) atoms. The van der Waals surface area contributed by atoms with Gasteiger partial charge in [-0.2, -0.15) is 5.10 Å². The Morgan fingerprint density at radius 2 is 1.81 bits per heavy atom. The molecule has 8 heteroatoms. The summed E-state index contributed by atoms with van der Waals surface area (Å²) < 4.78 is 1.72. The van der Waals surface area contributed by atoms with E-state index in [2.05, 4.69) is 20.0 Å². The minimum atomic E-state index is 0.00764. The number of aromatic nitrogens is 4. The molecular formula is C19H19ClN6O. The number of amides is 1. The fourth-order valence-corrected chi connectivity index (χ4v) is 3.35. The summed E-state index contributed by atoms with van der Waals surface area (Å²) >= 11 is 6.00. The molecule has 138 valence electrons. The summed E-state index contributed by atoms with van der Waals surface area (Å²) in [5.74, 6) is 2.28. The van der Waals surface area contributed by atoms with E-state index in [9.17, 15) is 4.79 Å². The maximum absolute atomic E-state index is 12.7. The third-order valence-electron chi connectivity index (χ3n) is 4.51. The van der Waals surface area contributed by atoms with Gasteiger partial charge in [0.05, 0.1) is 0 Å². The average molecular weight is 383 g/mol. The van der Waals surface area contributed by atoms with Crippen molar-refractivity contribution in [2.24, 2.45) is 0 Å². The minimum absolute atomic E-state index is 0.00764. The van der Waals surface area contributed by atoms with Crippen LogP contribution in [0.25, 0.3) is 5.82 Å². The van der Waals surface area contributed by atoms with E-state index < -0.39 is 0 Å². The molecule has 1 fully saturated rings. The maximum Gasteiger partial charge on any atom is 0.254 e. The van der Waals surface area contributed by atoms with Crippen molar-refractivity contribution in [3.63, 3.8) is 0 Å². The second-order valence-electron chi connectivity index (χ2n) is 6.37. The summed E-state index contributed by atoms with van der Waals surface area (Å²) in [7, 11) is 0. The van der Waals surface area contributed by atoms with Crippen molar-refractivity contribution >= 4 is 23.3 Å². The molecule has 0 unspecified atom stereocenters. The quantitative estimate of drug-likeness (QED) is 0.696. The Morgan fingerprint density at radius 1 is 1.04 bits per heavy atom. The van der Waals surface area contributed by atoms with Gasteiger partial charge in [0.2, 0.25) is 0 Å². The number of anilines is 1. The first-order valence-electron chi connectivity index (χ1n) is 8.76. The summed E-state index contributed by atoms with van der Waals surface area (Å²) in [5.41, 5.74) is 0.620. The molecule has 0 radical (unpaired) electrons. The number of carbonyl (C=O) groups excluding carboxylic acids is 1. The predicted octanol–water partition coefficient (Wildman–Crippen LogP) is 2.59. The Balaban J connectivity index is 1.47. The Bertz CT molecular complexity index is 951. The summed E-state index contributed by atoms with van der Waals surface area (Å²) in [6.45, 7) is 4.55. The molecule has 1 amide bonds. The van der Waals surface area contributed by atoms with Crippen molar-refractivity contribution in [1.82, 2.24) is 24.6 Å². The lowest BCUT2D eigenvalue weighted by molar-refractivity contribution is 0.0746. The van der Waals surface area contributed by atoms with Crippen LogP contribution in [0, 0.1) is 6.92 Å². The zero-order chi connectivity index (χ0) is 18.8. The van der Waals surface area contributed by atoms with Crippen molar-refractivity contribution in [3.8, 4) is 5.82 Å². The molecule has 0 bridgehead atoms. The molecule has 1 aliphatic heterocycles. The van der Waals surface area contributed by atoms with Gasteiger partial charge in [-0.3, -0.25) is 4.79 Å². The van der Waals surface area contributed by atoms with Gasteiger partial charge in [-0.1, -0.05) is 17.7 Å². The zero-order valence-electron chi connectivity index (χ0n) is 14.9. The number of benzene rings is 1. The molecule has 0 saturated carbocycles. The number of rotatable bonds is 3. The monoisotopic (exact) mass is 382 g/mol. The molecule has 2 aromatic heterocycles. The number of hydrogen-bond acceptors (Lipinski definition) is 5. The fraction of sp³-hybridized carbons (Fsp3) is 0.263. The summed E-state index contributed by atoms with van der Waals surface area (Å²) in [4.78, 5) is 25.7. The van der Waals surface area contributed by atoms with Gasteiger partial charge in [0.25, 0.3) is 5.91 Å². The van der Waals surface area contributed by atoms with Crippen molar-refractivity contribution in [2.45, 2.75) is 6.92 Å². The van der Waals surface area contributed by atoms with Crippen molar-refractivity contribution in [3.05, 3.63) is 65.2 Å². The third-order valence-corrected chi connectivity index (χ3v) is 4.75. The molecule has 0 atom stereocenters. The standard InChI is InChI=1S/C19H19ClN6O/c1-14-22-17(13-18(23-14)26-7-3-6-21-26)24-8-10-25(11-9-24)19(27)15-4-2-5-16(20)12-15/h2-7,12-13H,8-11H2,1H3. The van der Waals surface area contributed by atoms with Gasteiger partial charge in [0.15, 0.2) is 5.82 Å². The molecule has 3 heterocycles. The molecule has 3 aromatic rings. The Morgan fingerprint density at radius 3 is 2.52 bits per heavy atom. The average Bonchev–Trinajstić information content (AvgIpc) is 3.22. The van der Waals surface area contributed by atoms with Crippen molar-refractivity contribution in [2.75, 3.05) is 31.1 Å². The molecule has 0 spiro atoms. The Labute approximate surface area is 162 Å². The molecular weight excluding hydrogens is 364 g/mol. The molecule has 1 saturated heterocycles. The number of carbonyl (C=O) groups is 1. The van der Waals surface area contributed by atoms with E-state index >= 15 is 0 Å². The zero-order valence-corrected chi connectivity index (χ0v) is 15.7. The minimum Gasteiger partial charge on any atom is -0.353 e. The normalized spacial score (nSPS) is 14.4. The van der Waals surface area contributed by atoms with Gasteiger partial charge in [-0.25, -0.2) is 14.6 Å². The molecule has 0 aliphatic carbocycles. The smallest absolute Gasteiger partial charge is 0.254 e. The highest BCUT2D eigenvalue weighted by Gasteiger charge is 2.23. The van der Waals surface area contributed by atoms with Crippen LogP contribution in [0.15, 0.2) is 48.8 Å². The number of hydrogen-bond donors (Lipinski definition) is 0. The first kappa shape index (κ1) is 17.5. The highest BCUT2D eigenvalue weighted by atomic mass is 35.5. The van der Waals surface area contributed by atoms with Gasteiger partial charge >= 0.3 is 0 Å². The molecule has 1 aliphatic rings. The van der Waals surface area contributed by atoms with E-state index in [-0.39, 0.29) is 5.91 Å². The SMILES string of the molecule is Cc1nc(N2CCN(C(=O)c3cccc(Cl)c3)CC2)cc(-n2cccn2)n1. The lowest BCUT2D eigenvalue weighted by Crippen LogP contribution is -2.49. The van der Waals surface area contributed by atoms with Crippen molar-refractivity contribution in [1.29, 1.82) is 0 Å². The van der Waals surface area contributed by atoms with E-state index in [0.717, 1.165) is 11.6 Å². The molecule has 0 N–H and O–H groups in total. The van der Waals surface area contributed by atoms with Gasteiger partial charge in [0, 0.05) is 55.2 Å². The summed E-state index contributed by atoms with van der Waals surface area (Å²) in [6, 6.07) is 10.9. The third kappa shape index (κ3) is 3.78. The van der Waals surface area contributed by atoms with Gasteiger partial charge in [-0.15, -0.1) is 0 Å². The van der Waals surface area contributed by atoms with Crippen LogP contribution in [-0.2, 0) is 0 Å². The van der Waals surface area contributed by atoms with Crippen LogP contribution in [0.5, 0.6) is 0 Å². The lowest BCUT2D eigenvalue weighted by Gasteiger charge is -2.35. The number of aryl methyl sites for hydroxylation is 1. The number of piperazine rings is 1. The predicted molar refractivity (Wildman–Crippen MR) is 103 cm³/mol. The summed E-state index contributed by atoms with van der Waals surface area (Å²) in [5, 5.41) is 4.81. The van der Waals surface area contributed by atoms with Crippen LogP contribution in [0.4, 0.5) is 5.82 Å². The van der Waals surface area contributed by atoms with Crippen LogP contribution in [0.3, 0.4) is 0 Å². The molecule has 4 rings (SSSR count). The van der Waals surface area contributed by atoms with Crippen LogP contribution >= 0.6 is 11.6 Å². The first-order valence-corrected chi connectivity index (χ1v) is 9.13. The highest BCUT2D eigenvalue weighted by Crippen LogP contribution is 2.19. The van der Waals surface area contributed by atoms with Crippen LogP contribution in [-0.4, -0.2) is 56.7 Å². The van der Waals surface area contributed by atoms with Gasteiger partial charge in [-0.05, 0) is 31.2 Å². The van der Waals surface area contributed by atoms with E-state index in [0.29, 0.717) is 42.6 Å². The molecule has 1 aromatic carbocycles. The van der Waals surface area contributed by atoms with E-state index in [1.807, 2.05) is 30.2 Å². The number of halogens is 1. The largest absolute Gasteiger partial charge is 0.353 e. The lowest BCUT2D eigenvalue weighted by atomic mass is 10.2. The Kier molecular flexibility index (Phi) is 4.77. The fourth-order valence-electron chi connectivity index (χ4n) is 3.16. The van der Waals surface area contributed by atoms with E-state index in [1.54, 1.807) is 35.1 Å². The van der Waals surface area contributed by atoms with Crippen molar-refractivity contribution < 1.29 is 4.79 Å². The van der Waals surface area contributed by atoms with Gasteiger partial charge in [0.1, 0.15) is 11.6 Å². The summed E-state index contributed by atoms with van der Waals surface area (Å²) in [6.07, 6.45) is 3.57. The maximum atomic E-state index is 12.7. The topological polar surface area (TPSA) is 67.2 Å². The van der Waals surface area contributed by atoms with E-state index in [1.165, 1.54) is 0 Å². The van der Waals surface area contributed by atoms with E-state index in [4.69, 9.17) is 11.6 Å². The molecule has 7 nitrogen and oxygen atoms in total. The van der Waals surface area contributed by atoms with Crippen LogP contribution < -0.4 is 4.90 Å². The number of nitrogens with zero attached hydrogens (tertiary/aromatic N) is 6. The highest BCUT2D eigenvalue weighted by molar-refractivity contribution is 6.30. The second kappa shape index (κ2) is 7.36. The van der Waals surface area contributed by atoms with Crippen LogP contribution in [0.2, 0.25) is 5.02 Å². The Hall–Kier alpha value is -2.93. The second-order valence-corrected chi connectivity index (χ2v) is 6.81. The van der Waals surface area contributed by atoms with Crippen LogP contribution in [0.1, 0.15) is 16.2 Å². The van der Waals surface area contributed by atoms with Gasteiger partial charge < -0.3 is 9.80 Å². The first-order chi connectivity index (χ1) is 13.1.